The van der Waals surface area contributed by atoms with Crippen molar-refractivity contribution < 1.29 is 4.79 Å². The minimum atomic E-state index is 0.0805. The Hall–Kier alpha value is -2.86. The highest BCUT2D eigenvalue weighted by Gasteiger charge is 2.20. The van der Waals surface area contributed by atoms with Gasteiger partial charge in [0.2, 0.25) is 0 Å². The van der Waals surface area contributed by atoms with Crippen LogP contribution in [0.3, 0.4) is 0 Å². The van der Waals surface area contributed by atoms with E-state index in [1.54, 1.807) is 6.33 Å². The second-order valence-corrected chi connectivity index (χ2v) is 6.84. The lowest BCUT2D eigenvalue weighted by Crippen LogP contribution is -2.05. The van der Waals surface area contributed by atoms with Crippen molar-refractivity contribution in [1.82, 2.24) is 19.7 Å². The van der Waals surface area contributed by atoms with Crippen molar-refractivity contribution in [2.75, 3.05) is 5.75 Å². The van der Waals surface area contributed by atoms with E-state index in [4.69, 9.17) is 0 Å². The van der Waals surface area contributed by atoms with E-state index in [9.17, 15) is 4.79 Å². The molecule has 5 nitrogen and oxygen atoms in total. The third kappa shape index (κ3) is 3.04. The van der Waals surface area contributed by atoms with Crippen LogP contribution in [-0.4, -0.2) is 31.3 Å². The molecule has 0 aliphatic carbocycles. The zero-order chi connectivity index (χ0) is 17.9. The van der Waals surface area contributed by atoms with Crippen molar-refractivity contribution in [3.8, 4) is 11.3 Å². The molecule has 2 heterocycles. The smallest absolute Gasteiger partial charge is 0.191 e. The average Bonchev–Trinajstić information content (AvgIpc) is 3.30. The third-order valence-corrected chi connectivity index (χ3v) is 5.28. The molecule has 0 aliphatic rings. The van der Waals surface area contributed by atoms with Crippen LogP contribution in [0.15, 0.2) is 66.1 Å². The fraction of sp³-hybridized carbons (Fsp3) is 0.150. The van der Waals surface area contributed by atoms with Gasteiger partial charge in [0.1, 0.15) is 6.33 Å². The number of fused-ring (bicyclic) bond motifs is 1. The first-order valence-electron chi connectivity index (χ1n) is 8.48. The molecule has 0 saturated heterocycles. The van der Waals surface area contributed by atoms with Crippen LogP contribution in [0, 0.1) is 0 Å². The van der Waals surface area contributed by atoms with Gasteiger partial charge in [-0.25, -0.2) is 0 Å². The first-order chi connectivity index (χ1) is 12.8. The lowest BCUT2D eigenvalue weighted by Gasteiger charge is -2.05. The number of hydrogen-bond acceptors (Lipinski definition) is 4. The Labute approximate surface area is 155 Å². The summed E-state index contributed by atoms with van der Waals surface area (Å²) in [6.45, 7) is 2.81. The topological polar surface area (TPSA) is 63.6 Å². The van der Waals surface area contributed by atoms with E-state index in [1.165, 1.54) is 11.8 Å². The molecule has 26 heavy (non-hydrogen) atoms. The summed E-state index contributed by atoms with van der Waals surface area (Å²) >= 11 is 1.42. The highest BCUT2D eigenvalue weighted by Crippen LogP contribution is 2.31. The number of H-pyrrole nitrogens is 1. The maximum Gasteiger partial charge on any atom is 0.191 e. The summed E-state index contributed by atoms with van der Waals surface area (Å²) in [5.41, 5.74) is 3.58. The molecule has 0 fully saturated rings. The second-order valence-electron chi connectivity index (χ2n) is 5.90. The highest BCUT2D eigenvalue weighted by molar-refractivity contribution is 7.99. The molecule has 0 spiro atoms. The van der Waals surface area contributed by atoms with Crippen LogP contribution in [0.25, 0.3) is 22.2 Å². The van der Waals surface area contributed by atoms with Gasteiger partial charge < -0.3 is 9.55 Å². The van der Waals surface area contributed by atoms with Gasteiger partial charge in [0.05, 0.1) is 17.0 Å². The van der Waals surface area contributed by atoms with Gasteiger partial charge in [-0.2, -0.15) is 0 Å². The van der Waals surface area contributed by atoms with Crippen LogP contribution >= 0.6 is 11.8 Å². The summed E-state index contributed by atoms with van der Waals surface area (Å²) in [7, 11) is 0. The van der Waals surface area contributed by atoms with Crippen molar-refractivity contribution in [1.29, 1.82) is 0 Å². The molecule has 6 heteroatoms. The zero-order valence-corrected chi connectivity index (χ0v) is 15.2. The van der Waals surface area contributed by atoms with E-state index < -0.39 is 0 Å². The molecule has 0 bridgehead atoms. The maximum atomic E-state index is 13.1. The second kappa shape index (κ2) is 7.17. The summed E-state index contributed by atoms with van der Waals surface area (Å²) in [6.07, 6.45) is 1.69. The van der Waals surface area contributed by atoms with Gasteiger partial charge in [0.25, 0.3) is 0 Å². The van der Waals surface area contributed by atoms with E-state index in [-0.39, 0.29) is 5.78 Å². The van der Waals surface area contributed by atoms with E-state index in [2.05, 4.69) is 15.2 Å². The van der Waals surface area contributed by atoms with E-state index in [1.807, 2.05) is 66.1 Å². The number of aryl methyl sites for hydroxylation is 1. The van der Waals surface area contributed by atoms with Crippen LogP contribution in [0.1, 0.15) is 17.3 Å². The number of para-hydroxylation sites is 1. The van der Waals surface area contributed by atoms with Crippen molar-refractivity contribution in [2.24, 2.45) is 0 Å². The number of aromatic amines is 1. The Balaban J connectivity index is 1.71. The molecule has 2 aromatic carbocycles. The normalized spacial score (nSPS) is 11.1. The Kier molecular flexibility index (Phi) is 4.58. The molecule has 2 aromatic heterocycles. The quantitative estimate of drug-likeness (QED) is 0.407. The van der Waals surface area contributed by atoms with Crippen LogP contribution in [0.2, 0.25) is 0 Å². The van der Waals surface area contributed by atoms with E-state index in [0.29, 0.717) is 5.75 Å². The number of Topliss-reactive ketones (excluding diaryl/α,β-unsaturated/α-hetero) is 1. The molecular weight excluding hydrogens is 344 g/mol. The van der Waals surface area contributed by atoms with Gasteiger partial charge in [-0.15, -0.1) is 10.2 Å². The molecule has 0 aliphatic heterocycles. The van der Waals surface area contributed by atoms with Crippen LogP contribution in [-0.2, 0) is 6.54 Å². The number of nitrogens with one attached hydrogen (secondary N) is 1. The molecule has 1 N–H and O–H groups in total. The van der Waals surface area contributed by atoms with Gasteiger partial charge in [0.15, 0.2) is 10.9 Å². The zero-order valence-electron chi connectivity index (χ0n) is 14.3. The number of hydrogen-bond donors (Lipinski definition) is 1. The maximum absolute atomic E-state index is 13.1. The average molecular weight is 362 g/mol. The summed E-state index contributed by atoms with van der Waals surface area (Å²) in [4.78, 5) is 16.5. The van der Waals surface area contributed by atoms with Gasteiger partial charge in [-0.3, -0.25) is 4.79 Å². The number of ketones is 1. The lowest BCUT2D eigenvalue weighted by atomic mass is 10.0. The molecule has 4 rings (SSSR count). The summed E-state index contributed by atoms with van der Waals surface area (Å²) in [6, 6.07) is 17.9. The molecule has 0 unspecified atom stereocenters. The number of carbonyl (C=O) groups is 1. The Morgan fingerprint density at radius 2 is 1.88 bits per heavy atom. The number of benzene rings is 2. The van der Waals surface area contributed by atoms with E-state index >= 15 is 0 Å². The Morgan fingerprint density at radius 3 is 2.69 bits per heavy atom. The molecule has 0 saturated carbocycles. The van der Waals surface area contributed by atoms with E-state index in [0.717, 1.165) is 39.4 Å². The predicted octanol–water partition coefficient (Wildman–Crippen LogP) is 4.42. The standard InChI is InChI=1S/C20H18N4OS/c1-2-24-13-21-23-20(24)26-12-17(25)18-15-10-6-7-11-16(15)22-19(18)14-8-4-3-5-9-14/h3-11,13,22H,2,12H2,1H3. The van der Waals surface area contributed by atoms with Gasteiger partial charge in [-0.1, -0.05) is 60.3 Å². The van der Waals surface area contributed by atoms with Crippen LogP contribution < -0.4 is 0 Å². The fourth-order valence-electron chi connectivity index (χ4n) is 3.03. The molecule has 0 atom stereocenters. The molecular formula is C20H18N4OS. The number of nitrogens with zero attached hydrogens (tertiary/aromatic N) is 3. The van der Waals surface area contributed by atoms with Gasteiger partial charge in [0, 0.05) is 17.4 Å². The van der Waals surface area contributed by atoms with Crippen molar-refractivity contribution in [3.63, 3.8) is 0 Å². The first kappa shape index (κ1) is 16.6. The highest BCUT2D eigenvalue weighted by atomic mass is 32.2. The molecule has 0 amide bonds. The van der Waals surface area contributed by atoms with Crippen molar-refractivity contribution in [3.05, 3.63) is 66.5 Å². The SMILES string of the molecule is CCn1cnnc1SCC(=O)c1c(-c2ccccc2)[nH]c2ccccc12. The predicted molar refractivity (Wildman–Crippen MR) is 104 cm³/mol. The molecule has 4 aromatic rings. The minimum Gasteiger partial charge on any atom is -0.354 e. The van der Waals surface area contributed by atoms with Crippen molar-refractivity contribution >= 4 is 28.4 Å². The monoisotopic (exact) mass is 362 g/mol. The summed E-state index contributed by atoms with van der Waals surface area (Å²) in [5.74, 6) is 0.400. The fourth-order valence-corrected chi connectivity index (χ4v) is 3.88. The first-order valence-corrected chi connectivity index (χ1v) is 9.46. The molecule has 130 valence electrons. The number of thioether (sulfide) groups is 1. The van der Waals surface area contributed by atoms with Gasteiger partial charge in [-0.05, 0) is 18.6 Å². The number of aromatic nitrogens is 4. The summed E-state index contributed by atoms with van der Waals surface area (Å²) in [5, 5.41) is 9.74. The largest absolute Gasteiger partial charge is 0.354 e. The third-order valence-electron chi connectivity index (χ3n) is 4.30. The number of carbonyl (C=O) groups excluding carboxylic acids is 1. The van der Waals surface area contributed by atoms with Crippen molar-refractivity contribution in [2.45, 2.75) is 18.6 Å². The Bertz CT molecular complexity index is 1050. The number of rotatable bonds is 6. The molecule has 0 radical (unpaired) electrons. The Morgan fingerprint density at radius 1 is 1.12 bits per heavy atom. The summed E-state index contributed by atoms with van der Waals surface area (Å²) < 4.78 is 1.94. The lowest BCUT2D eigenvalue weighted by molar-refractivity contribution is 0.102. The van der Waals surface area contributed by atoms with Gasteiger partial charge >= 0.3 is 0 Å². The van der Waals surface area contributed by atoms with Crippen LogP contribution in [0.5, 0.6) is 0 Å². The minimum absolute atomic E-state index is 0.0805. The van der Waals surface area contributed by atoms with Crippen LogP contribution in [0.4, 0.5) is 0 Å².